The second-order valence-corrected chi connectivity index (χ2v) is 5.10. The minimum absolute atomic E-state index is 0.106. The van der Waals surface area contributed by atoms with Gasteiger partial charge in [0.15, 0.2) is 0 Å². The second-order valence-electron chi connectivity index (χ2n) is 5.10. The van der Waals surface area contributed by atoms with Gasteiger partial charge < -0.3 is 20.7 Å². The van der Waals surface area contributed by atoms with E-state index in [1.165, 1.54) is 5.39 Å². The Bertz CT molecular complexity index is 789. The van der Waals surface area contributed by atoms with Crippen LogP contribution in [0, 0.1) is 6.92 Å². The summed E-state index contributed by atoms with van der Waals surface area (Å²) in [6.07, 6.45) is 0. The fourth-order valence-corrected chi connectivity index (χ4v) is 2.87. The van der Waals surface area contributed by atoms with E-state index in [0.29, 0.717) is 6.54 Å². The minimum atomic E-state index is 0.106. The molecule has 0 fully saturated rings. The summed E-state index contributed by atoms with van der Waals surface area (Å²) in [6.45, 7) is 2.65. The topological polar surface area (TPSA) is 63.2 Å². The third kappa shape index (κ3) is 1.72. The Labute approximate surface area is 117 Å². The van der Waals surface area contributed by atoms with Crippen molar-refractivity contribution in [1.82, 2.24) is 4.57 Å². The molecule has 0 aliphatic heterocycles. The van der Waals surface area contributed by atoms with Crippen LogP contribution in [-0.2, 0) is 7.05 Å². The first-order valence-electron chi connectivity index (χ1n) is 6.76. The van der Waals surface area contributed by atoms with Crippen molar-refractivity contribution >= 4 is 33.2 Å². The number of aliphatic hydroxyl groups excluding tert-OH is 1. The zero-order valence-electron chi connectivity index (χ0n) is 11.8. The van der Waals surface area contributed by atoms with E-state index >= 15 is 0 Å². The monoisotopic (exact) mass is 269 g/mol. The predicted molar refractivity (Wildman–Crippen MR) is 85.1 cm³/mol. The van der Waals surface area contributed by atoms with Crippen molar-refractivity contribution in [2.45, 2.75) is 6.92 Å². The van der Waals surface area contributed by atoms with Crippen LogP contribution < -0.4 is 11.1 Å². The highest BCUT2D eigenvalue weighted by Gasteiger charge is 2.15. The smallest absolute Gasteiger partial charge is 0.0745 e. The van der Waals surface area contributed by atoms with Gasteiger partial charge in [0.1, 0.15) is 0 Å². The van der Waals surface area contributed by atoms with Gasteiger partial charge in [-0.15, -0.1) is 0 Å². The number of nitrogen functional groups attached to an aromatic ring is 1. The van der Waals surface area contributed by atoms with Crippen molar-refractivity contribution in [1.29, 1.82) is 0 Å². The quantitative estimate of drug-likeness (QED) is 0.640. The number of nitrogens with one attached hydrogen (secondary N) is 1. The largest absolute Gasteiger partial charge is 0.398 e. The van der Waals surface area contributed by atoms with Crippen molar-refractivity contribution in [2.24, 2.45) is 7.05 Å². The van der Waals surface area contributed by atoms with Crippen LogP contribution in [-0.4, -0.2) is 22.8 Å². The molecule has 0 saturated heterocycles. The fourth-order valence-electron chi connectivity index (χ4n) is 2.87. The maximum Gasteiger partial charge on any atom is 0.0745 e. The number of anilines is 2. The molecule has 1 heterocycles. The summed E-state index contributed by atoms with van der Waals surface area (Å²) in [5, 5.41) is 14.6. The predicted octanol–water partition coefficient (Wildman–Crippen LogP) is 2.63. The molecule has 3 aromatic rings. The Balaban J connectivity index is 2.44. The zero-order chi connectivity index (χ0) is 14.3. The summed E-state index contributed by atoms with van der Waals surface area (Å²) in [5.74, 6) is 0. The Kier molecular flexibility index (Phi) is 3.03. The number of benzene rings is 2. The third-order valence-electron chi connectivity index (χ3n) is 3.84. The molecule has 0 bridgehead atoms. The summed E-state index contributed by atoms with van der Waals surface area (Å²) in [4.78, 5) is 0. The highest BCUT2D eigenvalue weighted by Crippen LogP contribution is 2.38. The van der Waals surface area contributed by atoms with E-state index in [1.807, 2.05) is 32.2 Å². The molecule has 3 rings (SSSR count). The Morgan fingerprint density at radius 1 is 1.30 bits per heavy atom. The van der Waals surface area contributed by atoms with Crippen LogP contribution in [0.1, 0.15) is 5.56 Å². The first kappa shape index (κ1) is 12.8. The Morgan fingerprint density at radius 3 is 2.80 bits per heavy atom. The number of aryl methyl sites for hydroxylation is 2. The number of aromatic nitrogens is 1. The Morgan fingerprint density at radius 2 is 2.05 bits per heavy atom. The highest BCUT2D eigenvalue weighted by molar-refractivity contribution is 6.17. The van der Waals surface area contributed by atoms with Crippen molar-refractivity contribution in [2.75, 3.05) is 24.2 Å². The standard InChI is InChI=1S/C16H19N3O/c1-10-9-12(18-7-8-20)16-14(15(10)17)11-5-3-4-6-13(11)19(16)2/h3-6,9,18,20H,7-8,17H2,1-2H3. The molecular formula is C16H19N3O. The number of para-hydroxylation sites is 1. The molecular weight excluding hydrogens is 250 g/mol. The molecule has 4 nitrogen and oxygen atoms in total. The van der Waals surface area contributed by atoms with Crippen LogP contribution in [0.5, 0.6) is 0 Å². The molecule has 0 saturated carbocycles. The van der Waals surface area contributed by atoms with E-state index in [9.17, 15) is 0 Å². The number of fused-ring (bicyclic) bond motifs is 3. The van der Waals surface area contributed by atoms with Crippen molar-refractivity contribution in [3.05, 3.63) is 35.9 Å². The molecule has 4 N–H and O–H groups in total. The van der Waals surface area contributed by atoms with Crippen LogP contribution in [0.15, 0.2) is 30.3 Å². The lowest BCUT2D eigenvalue weighted by atomic mass is 10.1. The van der Waals surface area contributed by atoms with Crippen LogP contribution >= 0.6 is 0 Å². The average Bonchev–Trinajstić information content (AvgIpc) is 2.76. The summed E-state index contributed by atoms with van der Waals surface area (Å²) in [7, 11) is 2.05. The van der Waals surface area contributed by atoms with E-state index in [2.05, 4.69) is 22.0 Å². The molecule has 0 aliphatic carbocycles. The van der Waals surface area contributed by atoms with Gasteiger partial charge in [0.2, 0.25) is 0 Å². The van der Waals surface area contributed by atoms with Crippen LogP contribution in [0.25, 0.3) is 21.8 Å². The minimum Gasteiger partial charge on any atom is -0.398 e. The lowest BCUT2D eigenvalue weighted by Crippen LogP contribution is -2.07. The van der Waals surface area contributed by atoms with Gasteiger partial charge in [-0.25, -0.2) is 0 Å². The fraction of sp³-hybridized carbons (Fsp3) is 0.250. The molecule has 0 aliphatic rings. The second kappa shape index (κ2) is 4.72. The van der Waals surface area contributed by atoms with E-state index in [-0.39, 0.29) is 6.61 Å². The van der Waals surface area contributed by atoms with E-state index in [0.717, 1.165) is 33.4 Å². The number of nitrogens with zero attached hydrogens (tertiary/aromatic N) is 1. The molecule has 0 unspecified atom stereocenters. The molecule has 1 aromatic heterocycles. The number of hydrogen-bond acceptors (Lipinski definition) is 3. The summed E-state index contributed by atoms with van der Waals surface area (Å²) in [6, 6.07) is 10.3. The SMILES string of the molecule is Cc1cc(NCCO)c2c(c1N)c1ccccc1n2C. The number of nitrogens with two attached hydrogens (primary N) is 1. The van der Waals surface area contributed by atoms with Crippen LogP contribution in [0.3, 0.4) is 0 Å². The summed E-state index contributed by atoms with van der Waals surface area (Å²) in [5.41, 5.74) is 11.4. The maximum absolute atomic E-state index is 9.04. The van der Waals surface area contributed by atoms with E-state index in [1.54, 1.807) is 0 Å². The van der Waals surface area contributed by atoms with Crippen LogP contribution in [0.4, 0.5) is 11.4 Å². The molecule has 0 spiro atoms. The van der Waals surface area contributed by atoms with Gasteiger partial charge in [-0.1, -0.05) is 18.2 Å². The van der Waals surface area contributed by atoms with Gasteiger partial charge in [-0.05, 0) is 24.6 Å². The summed E-state index contributed by atoms with van der Waals surface area (Å²) < 4.78 is 2.15. The first-order valence-corrected chi connectivity index (χ1v) is 6.76. The zero-order valence-corrected chi connectivity index (χ0v) is 11.8. The molecule has 2 aromatic carbocycles. The van der Waals surface area contributed by atoms with Gasteiger partial charge >= 0.3 is 0 Å². The Hall–Kier alpha value is -2.20. The van der Waals surface area contributed by atoms with E-state index in [4.69, 9.17) is 10.8 Å². The van der Waals surface area contributed by atoms with E-state index < -0.39 is 0 Å². The summed E-state index contributed by atoms with van der Waals surface area (Å²) >= 11 is 0. The average molecular weight is 269 g/mol. The van der Waals surface area contributed by atoms with Gasteiger partial charge in [0, 0.05) is 35.6 Å². The van der Waals surface area contributed by atoms with Crippen molar-refractivity contribution in [3.63, 3.8) is 0 Å². The third-order valence-corrected chi connectivity index (χ3v) is 3.84. The molecule has 0 amide bonds. The number of aliphatic hydroxyl groups is 1. The molecule has 20 heavy (non-hydrogen) atoms. The van der Waals surface area contributed by atoms with Gasteiger partial charge in [-0.3, -0.25) is 0 Å². The maximum atomic E-state index is 9.04. The normalized spacial score (nSPS) is 11.3. The lowest BCUT2D eigenvalue weighted by molar-refractivity contribution is 0.311. The van der Waals surface area contributed by atoms with Gasteiger partial charge in [-0.2, -0.15) is 0 Å². The van der Waals surface area contributed by atoms with Gasteiger partial charge in [0.25, 0.3) is 0 Å². The highest BCUT2D eigenvalue weighted by atomic mass is 16.3. The van der Waals surface area contributed by atoms with Crippen molar-refractivity contribution in [3.8, 4) is 0 Å². The first-order chi connectivity index (χ1) is 9.65. The molecule has 104 valence electrons. The molecule has 0 radical (unpaired) electrons. The van der Waals surface area contributed by atoms with Crippen LogP contribution in [0.2, 0.25) is 0 Å². The lowest BCUT2D eigenvalue weighted by Gasteiger charge is -2.12. The number of hydrogen-bond donors (Lipinski definition) is 3. The molecule has 0 atom stereocenters. The number of rotatable bonds is 3. The van der Waals surface area contributed by atoms with Crippen molar-refractivity contribution < 1.29 is 5.11 Å². The van der Waals surface area contributed by atoms with Gasteiger partial charge in [0.05, 0.1) is 17.8 Å². The molecule has 4 heteroatoms.